The van der Waals surface area contributed by atoms with Crippen LogP contribution in [0.15, 0.2) is 48.7 Å². The zero-order valence-corrected chi connectivity index (χ0v) is 12.9. The van der Waals surface area contributed by atoms with E-state index in [-0.39, 0.29) is 11.4 Å². The van der Waals surface area contributed by atoms with Crippen LogP contribution >= 0.6 is 11.6 Å². The zero-order chi connectivity index (χ0) is 16.4. The molecule has 23 heavy (non-hydrogen) atoms. The molecule has 0 saturated carbocycles. The Bertz CT molecular complexity index is 878. The third-order valence-corrected chi connectivity index (χ3v) is 3.52. The molecule has 0 aliphatic rings. The second-order valence-corrected chi connectivity index (χ2v) is 5.19. The molecule has 0 spiro atoms. The lowest BCUT2D eigenvalue weighted by atomic mass is 10.1. The van der Waals surface area contributed by atoms with Crippen molar-refractivity contribution in [2.75, 3.05) is 7.11 Å². The Morgan fingerprint density at radius 1 is 1.13 bits per heavy atom. The minimum absolute atomic E-state index is 0.119. The summed E-state index contributed by atoms with van der Waals surface area (Å²) in [7, 11) is 1.23. The monoisotopic (exact) mass is 329 g/mol. The predicted molar refractivity (Wildman–Crippen MR) is 86.3 cm³/mol. The van der Waals surface area contributed by atoms with Crippen molar-refractivity contribution < 1.29 is 19.4 Å². The van der Waals surface area contributed by atoms with Gasteiger partial charge in [0.2, 0.25) is 0 Å². The maximum atomic E-state index is 11.5. The van der Waals surface area contributed by atoms with Crippen LogP contribution in [0, 0.1) is 0 Å². The van der Waals surface area contributed by atoms with E-state index in [0.29, 0.717) is 27.3 Å². The summed E-state index contributed by atoms with van der Waals surface area (Å²) >= 11 is 5.83. The number of ether oxygens (including phenoxy) is 2. The number of esters is 1. The Labute approximate surface area is 137 Å². The van der Waals surface area contributed by atoms with Crippen molar-refractivity contribution in [3.8, 4) is 17.2 Å². The van der Waals surface area contributed by atoms with Gasteiger partial charge in [0, 0.05) is 22.0 Å². The number of methoxy groups -OCH3 is 1. The van der Waals surface area contributed by atoms with Gasteiger partial charge in [0.1, 0.15) is 11.5 Å². The lowest BCUT2D eigenvalue weighted by Crippen LogP contribution is -2.04. The van der Waals surface area contributed by atoms with Gasteiger partial charge in [0.15, 0.2) is 11.4 Å². The van der Waals surface area contributed by atoms with E-state index in [1.165, 1.54) is 13.3 Å². The number of pyridine rings is 1. The number of benzene rings is 2. The Kier molecular flexibility index (Phi) is 4.04. The Hall–Kier alpha value is -2.79. The summed E-state index contributed by atoms with van der Waals surface area (Å²) in [6.07, 6.45) is 1.48. The number of aromatic hydroxyl groups is 1. The van der Waals surface area contributed by atoms with E-state index in [9.17, 15) is 9.90 Å². The molecule has 0 fully saturated rings. The van der Waals surface area contributed by atoms with Crippen molar-refractivity contribution in [2.45, 2.75) is 0 Å². The molecule has 0 radical (unpaired) electrons. The largest absolute Gasteiger partial charge is 0.505 e. The zero-order valence-electron chi connectivity index (χ0n) is 12.1. The minimum Gasteiger partial charge on any atom is -0.505 e. The van der Waals surface area contributed by atoms with Gasteiger partial charge in [-0.25, -0.2) is 9.78 Å². The summed E-state index contributed by atoms with van der Waals surface area (Å²) in [5, 5.41) is 11.9. The molecule has 5 nitrogen and oxygen atoms in total. The summed E-state index contributed by atoms with van der Waals surface area (Å²) in [4.78, 5) is 15.5. The van der Waals surface area contributed by atoms with Gasteiger partial charge in [-0.15, -0.1) is 0 Å². The van der Waals surface area contributed by atoms with Gasteiger partial charge in [-0.1, -0.05) is 11.6 Å². The number of carbonyl (C=O) groups excluding carboxylic acids is 1. The highest BCUT2D eigenvalue weighted by Crippen LogP contribution is 2.32. The Balaban J connectivity index is 1.96. The number of fused-ring (bicyclic) bond motifs is 1. The van der Waals surface area contributed by atoms with Crippen molar-refractivity contribution in [2.24, 2.45) is 0 Å². The highest BCUT2D eigenvalue weighted by atomic mass is 35.5. The first-order valence-corrected chi connectivity index (χ1v) is 7.10. The standard InChI is InChI=1S/C17H12ClNO4/c1-22-17(21)15-16(20)14-7-6-13(8-10(14)9-19-15)23-12-4-2-11(18)3-5-12/h2-9,20H,1H3. The molecular formula is C17H12ClNO4. The number of hydrogen-bond acceptors (Lipinski definition) is 5. The molecule has 0 atom stereocenters. The van der Waals surface area contributed by atoms with E-state index in [4.69, 9.17) is 16.3 Å². The molecule has 0 saturated heterocycles. The van der Waals surface area contributed by atoms with Gasteiger partial charge in [0.25, 0.3) is 0 Å². The van der Waals surface area contributed by atoms with E-state index >= 15 is 0 Å². The molecule has 0 bridgehead atoms. The van der Waals surface area contributed by atoms with E-state index < -0.39 is 5.97 Å². The van der Waals surface area contributed by atoms with Crippen molar-refractivity contribution in [1.82, 2.24) is 4.98 Å². The molecule has 0 unspecified atom stereocenters. The molecule has 0 aliphatic heterocycles. The van der Waals surface area contributed by atoms with E-state index in [1.54, 1.807) is 42.5 Å². The molecule has 1 aromatic heterocycles. The van der Waals surface area contributed by atoms with Crippen LogP contribution in [-0.4, -0.2) is 23.2 Å². The quantitative estimate of drug-likeness (QED) is 0.730. The first-order valence-electron chi connectivity index (χ1n) is 6.72. The smallest absolute Gasteiger partial charge is 0.360 e. The van der Waals surface area contributed by atoms with Crippen molar-refractivity contribution in [3.63, 3.8) is 0 Å². The van der Waals surface area contributed by atoms with E-state index in [0.717, 1.165) is 0 Å². The average Bonchev–Trinajstić information content (AvgIpc) is 2.56. The maximum Gasteiger partial charge on any atom is 0.360 e. The third kappa shape index (κ3) is 3.05. The SMILES string of the molecule is COC(=O)c1ncc2cc(Oc3ccc(Cl)cc3)ccc2c1O. The van der Waals surface area contributed by atoms with Crippen LogP contribution in [0.2, 0.25) is 5.02 Å². The molecule has 116 valence electrons. The number of aromatic nitrogens is 1. The summed E-state index contributed by atoms with van der Waals surface area (Å²) < 4.78 is 10.3. The number of rotatable bonds is 3. The van der Waals surface area contributed by atoms with Gasteiger partial charge in [0.05, 0.1) is 7.11 Å². The molecule has 3 aromatic rings. The molecular weight excluding hydrogens is 318 g/mol. The maximum absolute atomic E-state index is 11.5. The van der Waals surface area contributed by atoms with Crippen LogP contribution < -0.4 is 4.74 Å². The average molecular weight is 330 g/mol. The summed E-state index contributed by atoms with van der Waals surface area (Å²) in [5.41, 5.74) is -0.119. The molecule has 1 N–H and O–H groups in total. The number of carbonyl (C=O) groups is 1. The highest BCUT2D eigenvalue weighted by molar-refractivity contribution is 6.30. The fourth-order valence-corrected chi connectivity index (χ4v) is 2.26. The molecule has 2 aromatic carbocycles. The minimum atomic E-state index is -0.689. The summed E-state index contributed by atoms with van der Waals surface area (Å²) in [6.45, 7) is 0. The lowest BCUT2D eigenvalue weighted by Gasteiger charge is -2.09. The van der Waals surface area contributed by atoms with Gasteiger partial charge >= 0.3 is 5.97 Å². The van der Waals surface area contributed by atoms with Crippen LogP contribution in [-0.2, 0) is 4.74 Å². The number of hydrogen-bond donors (Lipinski definition) is 1. The highest BCUT2D eigenvalue weighted by Gasteiger charge is 2.16. The normalized spacial score (nSPS) is 10.5. The first kappa shape index (κ1) is 15.1. The van der Waals surface area contributed by atoms with Crippen LogP contribution in [0.4, 0.5) is 0 Å². The van der Waals surface area contributed by atoms with Crippen LogP contribution in [0.3, 0.4) is 0 Å². The predicted octanol–water partition coefficient (Wildman–Crippen LogP) is 4.17. The van der Waals surface area contributed by atoms with E-state index in [1.807, 2.05) is 0 Å². The topological polar surface area (TPSA) is 68.7 Å². The van der Waals surface area contributed by atoms with Crippen molar-refractivity contribution in [1.29, 1.82) is 0 Å². The summed E-state index contributed by atoms with van der Waals surface area (Å²) in [5.74, 6) is 0.308. The van der Waals surface area contributed by atoms with E-state index in [2.05, 4.69) is 9.72 Å². The Morgan fingerprint density at radius 2 is 1.83 bits per heavy atom. The van der Waals surface area contributed by atoms with Gasteiger partial charge in [-0.05, 0) is 42.5 Å². The lowest BCUT2D eigenvalue weighted by molar-refractivity contribution is 0.0591. The third-order valence-electron chi connectivity index (χ3n) is 3.26. The fraction of sp³-hybridized carbons (Fsp3) is 0.0588. The van der Waals surface area contributed by atoms with Gasteiger partial charge in [-0.2, -0.15) is 0 Å². The molecule has 0 amide bonds. The van der Waals surface area contributed by atoms with Crippen molar-refractivity contribution in [3.05, 3.63) is 59.4 Å². The first-order chi connectivity index (χ1) is 11.1. The number of halogens is 1. The fourth-order valence-electron chi connectivity index (χ4n) is 2.13. The molecule has 0 aliphatic carbocycles. The van der Waals surface area contributed by atoms with Gasteiger partial charge in [-0.3, -0.25) is 0 Å². The second kappa shape index (κ2) is 6.14. The molecule has 3 rings (SSSR count). The molecule has 1 heterocycles. The van der Waals surface area contributed by atoms with Crippen LogP contribution in [0.25, 0.3) is 10.8 Å². The van der Waals surface area contributed by atoms with Crippen LogP contribution in [0.5, 0.6) is 17.2 Å². The summed E-state index contributed by atoms with van der Waals surface area (Å²) in [6, 6.07) is 12.0. The second-order valence-electron chi connectivity index (χ2n) is 4.75. The van der Waals surface area contributed by atoms with Gasteiger partial charge < -0.3 is 14.6 Å². The van der Waals surface area contributed by atoms with Crippen molar-refractivity contribution >= 4 is 28.3 Å². The Morgan fingerprint density at radius 3 is 2.52 bits per heavy atom. The molecule has 6 heteroatoms. The van der Waals surface area contributed by atoms with Crippen LogP contribution in [0.1, 0.15) is 10.5 Å². The number of nitrogens with zero attached hydrogens (tertiary/aromatic N) is 1.